The molecule has 6 heteroatoms. The number of benzene rings is 3. The third-order valence-corrected chi connectivity index (χ3v) is 5.46. The van der Waals surface area contributed by atoms with Crippen LogP contribution in [0, 0.1) is 0 Å². The summed E-state index contributed by atoms with van der Waals surface area (Å²) in [4.78, 5) is 17.1. The summed E-state index contributed by atoms with van der Waals surface area (Å²) >= 11 is 1.41. The minimum Gasteiger partial charge on any atom is -0.486 e. The van der Waals surface area contributed by atoms with Gasteiger partial charge in [0.2, 0.25) is 0 Å². The first kappa shape index (κ1) is 16.8. The number of carbonyl (C=O) groups is 1. The van der Waals surface area contributed by atoms with Crippen LogP contribution in [0.3, 0.4) is 0 Å². The largest absolute Gasteiger partial charge is 0.486 e. The van der Waals surface area contributed by atoms with Crippen LogP contribution in [0.1, 0.15) is 10.4 Å². The van der Waals surface area contributed by atoms with Crippen LogP contribution in [0.5, 0.6) is 11.5 Å². The number of thiazole rings is 1. The normalized spacial score (nSPS) is 12.7. The van der Waals surface area contributed by atoms with Crippen molar-refractivity contribution in [2.24, 2.45) is 0 Å². The van der Waals surface area contributed by atoms with Gasteiger partial charge in [0.05, 0.1) is 10.2 Å². The Morgan fingerprint density at radius 2 is 1.57 bits per heavy atom. The molecule has 0 fully saturated rings. The van der Waals surface area contributed by atoms with Crippen molar-refractivity contribution in [2.45, 2.75) is 0 Å². The summed E-state index contributed by atoms with van der Waals surface area (Å²) < 4.78 is 12.1. The van der Waals surface area contributed by atoms with Gasteiger partial charge in [0.25, 0.3) is 5.91 Å². The van der Waals surface area contributed by atoms with Crippen LogP contribution in [0.25, 0.3) is 21.3 Å². The number of hydrogen-bond acceptors (Lipinski definition) is 5. The summed E-state index contributed by atoms with van der Waals surface area (Å²) in [5.74, 6) is 1.23. The van der Waals surface area contributed by atoms with E-state index in [2.05, 4.69) is 10.3 Å². The smallest absolute Gasteiger partial charge is 0.257 e. The molecule has 0 bridgehead atoms. The molecule has 0 unspecified atom stereocenters. The lowest BCUT2D eigenvalue weighted by atomic mass is 10.0. The molecule has 1 aromatic heterocycles. The first-order valence-corrected chi connectivity index (χ1v) is 9.75. The van der Waals surface area contributed by atoms with E-state index in [1.807, 2.05) is 66.7 Å². The van der Waals surface area contributed by atoms with Crippen molar-refractivity contribution < 1.29 is 14.3 Å². The maximum Gasteiger partial charge on any atom is 0.257 e. The Labute approximate surface area is 165 Å². The Kier molecular flexibility index (Phi) is 4.18. The Morgan fingerprint density at radius 1 is 0.893 bits per heavy atom. The molecule has 0 aliphatic carbocycles. The molecule has 0 saturated heterocycles. The second-order valence-electron chi connectivity index (χ2n) is 6.38. The molecule has 1 N–H and O–H groups in total. The third-order valence-electron chi connectivity index (χ3n) is 4.53. The van der Waals surface area contributed by atoms with Gasteiger partial charge in [0, 0.05) is 17.7 Å². The first-order chi connectivity index (χ1) is 13.8. The van der Waals surface area contributed by atoms with Gasteiger partial charge in [0.15, 0.2) is 16.6 Å². The monoisotopic (exact) mass is 388 g/mol. The quantitative estimate of drug-likeness (QED) is 0.537. The zero-order valence-electron chi connectivity index (χ0n) is 14.8. The Bertz CT molecular complexity index is 1110. The summed E-state index contributed by atoms with van der Waals surface area (Å²) in [7, 11) is 0. The zero-order chi connectivity index (χ0) is 18.9. The van der Waals surface area contributed by atoms with Crippen molar-refractivity contribution in [3.63, 3.8) is 0 Å². The Balaban J connectivity index is 1.36. The summed E-state index contributed by atoms with van der Waals surface area (Å²) in [6, 6.07) is 21.4. The molecule has 5 rings (SSSR count). The average Bonchev–Trinajstić information content (AvgIpc) is 3.13. The fourth-order valence-electron chi connectivity index (χ4n) is 3.13. The van der Waals surface area contributed by atoms with E-state index in [-0.39, 0.29) is 5.91 Å². The number of carbonyl (C=O) groups excluding carboxylic acids is 1. The molecular formula is C22H16N2O3S. The molecular weight excluding hydrogens is 372 g/mol. The maximum atomic E-state index is 12.6. The van der Waals surface area contributed by atoms with Gasteiger partial charge < -0.3 is 9.47 Å². The number of nitrogens with zero attached hydrogens (tertiary/aromatic N) is 1. The lowest BCUT2D eigenvalue weighted by Crippen LogP contribution is -2.15. The third kappa shape index (κ3) is 3.18. The molecule has 3 aromatic carbocycles. The number of rotatable bonds is 3. The lowest BCUT2D eigenvalue weighted by Gasteiger charge is -2.17. The molecule has 2 heterocycles. The number of nitrogens with one attached hydrogen (secondary N) is 1. The van der Waals surface area contributed by atoms with Crippen LogP contribution in [0.4, 0.5) is 5.13 Å². The van der Waals surface area contributed by atoms with E-state index in [1.165, 1.54) is 11.3 Å². The van der Waals surface area contributed by atoms with Crippen molar-refractivity contribution in [1.29, 1.82) is 0 Å². The predicted octanol–water partition coefficient (Wildman–Crippen LogP) is 4.99. The molecule has 1 aliphatic heterocycles. The molecule has 0 atom stereocenters. The average molecular weight is 388 g/mol. The van der Waals surface area contributed by atoms with E-state index in [0.717, 1.165) is 27.1 Å². The number of aromatic nitrogens is 1. The molecule has 28 heavy (non-hydrogen) atoms. The van der Waals surface area contributed by atoms with Gasteiger partial charge in [-0.2, -0.15) is 0 Å². The van der Waals surface area contributed by atoms with Gasteiger partial charge in [0.1, 0.15) is 13.2 Å². The van der Waals surface area contributed by atoms with E-state index in [0.29, 0.717) is 29.7 Å². The molecule has 4 aromatic rings. The van der Waals surface area contributed by atoms with E-state index in [1.54, 1.807) is 0 Å². The van der Waals surface area contributed by atoms with E-state index < -0.39 is 0 Å². The van der Waals surface area contributed by atoms with Gasteiger partial charge >= 0.3 is 0 Å². The number of ether oxygens (including phenoxy) is 2. The highest BCUT2D eigenvalue weighted by Gasteiger charge is 2.16. The van der Waals surface area contributed by atoms with Gasteiger partial charge in [-0.05, 0) is 23.3 Å². The standard InChI is InChI=1S/C22H16N2O3S/c25-21(16-8-6-15(7-9-16)14-4-2-1-3-5-14)24-22-23-17-12-18-19(13-20(17)28-22)27-11-10-26-18/h1-9,12-13H,10-11H2,(H,23,24,25). The highest BCUT2D eigenvalue weighted by Crippen LogP contribution is 2.37. The highest BCUT2D eigenvalue weighted by molar-refractivity contribution is 7.22. The molecule has 5 nitrogen and oxygen atoms in total. The van der Waals surface area contributed by atoms with Crippen molar-refractivity contribution >= 4 is 32.6 Å². The van der Waals surface area contributed by atoms with Crippen LogP contribution >= 0.6 is 11.3 Å². The second-order valence-corrected chi connectivity index (χ2v) is 7.41. The summed E-state index contributed by atoms with van der Waals surface area (Å²) in [6.45, 7) is 1.07. The Hall–Kier alpha value is -3.38. The van der Waals surface area contributed by atoms with Gasteiger partial charge in [-0.15, -0.1) is 0 Å². The fraction of sp³-hybridized carbons (Fsp3) is 0.0909. The van der Waals surface area contributed by atoms with Crippen LogP contribution in [0.2, 0.25) is 0 Å². The topological polar surface area (TPSA) is 60.5 Å². The molecule has 0 spiro atoms. The van der Waals surface area contributed by atoms with E-state index in [4.69, 9.17) is 9.47 Å². The number of amides is 1. The van der Waals surface area contributed by atoms with E-state index >= 15 is 0 Å². The van der Waals surface area contributed by atoms with Crippen LogP contribution in [-0.2, 0) is 0 Å². The summed E-state index contributed by atoms with van der Waals surface area (Å²) in [6.07, 6.45) is 0. The zero-order valence-corrected chi connectivity index (χ0v) is 15.7. The summed E-state index contributed by atoms with van der Waals surface area (Å²) in [5, 5.41) is 3.43. The lowest BCUT2D eigenvalue weighted by molar-refractivity contribution is 0.102. The number of anilines is 1. The van der Waals surface area contributed by atoms with E-state index in [9.17, 15) is 4.79 Å². The Morgan fingerprint density at radius 3 is 2.32 bits per heavy atom. The molecule has 138 valence electrons. The molecule has 1 amide bonds. The molecule has 0 radical (unpaired) electrons. The number of hydrogen-bond donors (Lipinski definition) is 1. The van der Waals surface area contributed by atoms with Crippen LogP contribution < -0.4 is 14.8 Å². The molecule has 0 saturated carbocycles. The van der Waals surface area contributed by atoms with Crippen molar-refractivity contribution in [1.82, 2.24) is 4.98 Å². The van der Waals surface area contributed by atoms with Crippen molar-refractivity contribution in [2.75, 3.05) is 18.5 Å². The molecule has 1 aliphatic rings. The van der Waals surface area contributed by atoms with Crippen LogP contribution in [0.15, 0.2) is 66.7 Å². The SMILES string of the molecule is O=C(Nc1nc2cc3c(cc2s1)OCCO3)c1ccc(-c2ccccc2)cc1. The van der Waals surface area contributed by atoms with Crippen LogP contribution in [-0.4, -0.2) is 24.1 Å². The van der Waals surface area contributed by atoms with Crippen molar-refractivity contribution in [3.05, 3.63) is 72.3 Å². The van der Waals surface area contributed by atoms with Crippen molar-refractivity contribution in [3.8, 4) is 22.6 Å². The second kappa shape index (κ2) is 6.98. The van der Waals surface area contributed by atoms with Gasteiger partial charge in [-0.25, -0.2) is 4.98 Å². The van der Waals surface area contributed by atoms with Gasteiger partial charge in [-0.3, -0.25) is 10.1 Å². The summed E-state index contributed by atoms with van der Waals surface area (Å²) in [5.41, 5.74) is 3.56. The van der Waals surface area contributed by atoms with Gasteiger partial charge in [-0.1, -0.05) is 53.8 Å². The minimum absolute atomic E-state index is 0.184. The number of fused-ring (bicyclic) bond motifs is 2. The highest BCUT2D eigenvalue weighted by atomic mass is 32.1. The first-order valence-electron chi connectivity index (χ1n) is 8.93. The fourth-order valence-corrected chi connectivity index (χ4v) is 4.00. The predicted molar refractivity (Wildman–Crippen MR) is 110 cm³/mol. The maximum absolute atomic E-state index is 12.6. The minimum atomic E-state index is -0.184.